The van der Waals surface area contributed by atoms with E-state index in [-0.39, 0.29) is 11.9 Å². The lowest BCUT2D eigenvalue weighted by Crippen LogP contribution is -2.09. The lowest BCUT2D eigenvalue weighted by Gasteiger charge is -2.10. The van der Waals surface area contributed by atoms with Gasteiger partial charge in [-0.2, -0.15) is 0 Å². The largest absolute Gasteiger partial charge is 0.399 e. The molecule has 0 aliphatic rings. The zero-order chi connectivity index (χ0) is 9.14. The Balaban J connectivity index is 2.85. The Bertz CT molecular complexity index is 251. The van der Waals surface area contributed by atoms with Gasteiger partial charge in [0, 0.05) is 17.4 Å². The molecular weight excluding hydrogens is 155 g/mol. The van der Waals surface area contributed by atoms with Crippen molar-refractivity contribution in [1.82, 2.24) is 0 Å². The van der Waals surface area contributed by atoms with Crippen molar-refractivity contribution < 1.29 is 4.39 Å². The number of rotatable bonds is 2. The molecule has 3 N–H and O–H groups in total. The van der Waals surface area contributed by atoms with Crippen molar-refractivity contribution >= 4 is 11.4 Å². The first-order valence-electron chi connectivity index (χ1n) is 3.90. The molecule has 66 valence electrons. The second-order valence-electron chi connectivity index (χ2n) is 3.07. The molecule has 0 unspecified atom stereocenters. The highest BCUT2D eigenvalue weighted by atomic mass is 19.1. The number of nitrogens with two attached hydrogens (primary N) is 1. The first kappa shape index (κ1) is 8.84. The predicted octanol–water partition coefficient (Wildman–Crippen LogP) is 2.23. The van der Waals surface area contributed by atoms with Crippen LogP contribution in [0.1, 0.15) is 13.8 Å². The van der Waals surface area contributed by atoms with Gasteiger partial charge in [-0.15, -0.1) is 0 Å². The minimum absolute atomic E-state index is 0.284. The van der Waals surface area contributed by atoms with Gasteiger partial charge in [-0.3, -0.25) is 0 Å². The maximum atomic E-state index is 12.8. The van der Waals surface area contributed by atoms with Gasteiger partial charge in [0.2, 0.25) is 0 Å². The third-order valence-corrected chi connectivity index (χ3v) is 1.38. The van der Waals surface area contributed by atoms with Gasteiger partial charge >= 0.3 is 0 Å². The van der Waals surface area contributed by atoms with Crippen LogP contribution in [0.25, 0.3) is 0 Å². The van der Waals surface area contributed by atoms with E-state index >= 15 is 0 Å². The number of nitrogen functional groups attached to an aromatic ring is 1. The summed E-state index contributed by atoms with van der Waals surface area (Å²) in [6, 6.07) is 4.72. The molecule has 1 aromatic rings. The van der Waals surface area contributed by atoms with Crippen molar-refractivity contribution in [3.05, 3.63) is 24.0 Å². The van der Waals surface area contributed by atoms with E-state index in [2.05, 4.69) is 5.32 Å². The van der Waals surface area contributed by atoms with Crippen LogP contribution in [0.3, 0.4) is 0 Å². The molecule has 0 aromatic heterocycles. The lowest BCUT2D eigenvalue weighted by atomic mass is 10.2. The SMILES string of the molecule is CC(C)Nc1cc(N)cc(F)c1. The number of anilines is 2. The summed E-state index contributed by atoms with van der Waals surface area (Å²) in [5.74, 6) is -0.307. The Morgan fingerprint density at radius 1 is 1.33 bits per heavy atom. The lowest BCUT2D eigenvalue weighted by molar-refractivity contribution is 0.628. The predicted molar refractivity (Wildman–Crippen MR) is 49.6 cm³/mol. The van der Waals surface area contributed by atoms with Crippen LogP contribution in [0.5, 0.6) is 0 Å². The smallest absolute Gasteiger partial charge is 0.127 e. The van der Waals surface area contributed by atoms with Crippen LogP contribution in [0.2, 0.25) is 0 Å². The quantitative estimate of drug-likeness (QED) is 0.664. The van der Waals surface area contributed by atoms with E-state index in [0.29, 0.717) is 5.69 Å². The van der Waals surface area contributed by atoms with Gasteiger partial charge < -0.3 is 11.1 Å². The average molecular weight is 168 g/mol. The van der Waals surface area contributed by atoms with Crippen LogP contribution in [-0.2, 0) is 0 Å². The Morgan fingerprint density at radius 2 is 2.00 bits per heavy atom. The molecule has 0 radical (unpaired) electrons. The minimum Gasteiger partial charge on any atom is -0.399 e. The van der Waals surface area contributed by atoms with Gasteiger partial charge in [0.05, 0.1) is 0 Å². The first-order valence-corrected chi connectivity index (χ1v) is 3.90. The van der Waals surface area contributed by atoms with Crippen molar-refractivity contribution in [2.45, 2.75) is 19.9 Å². The van der Waals surface area contributed by atoms with E-state index in [0.717, 1.165) is 5.69 Å². The highest BCUT2D eigenvalue weighted by Crippen LogP contribution is 2.15. The Morgan fingerprint density at radius 3 is 2.50 bits per heavy atom. The standard InChI is InChI=1S/C9H13FN2/c1-6(2)12-9-4-7(10)3-8(11)5-9/h3-6,12H,11H2,1-2H3. The molecule has 3 heteroatoms. The van der Waals surface area contributed by atoms with Crippen molar-refractivity contribution in [3.8, 4) is 0 Å². The minimum atomic E-state index is -0.307. The van der Waals surface area contributed by atoms with Gasteiger partial charge in [-0.25, -0.2) is 4.39 Å². The van der Waals surface area contributed by atoms with Gasteiger partial charge in [-0.1, -0.05) is 0 Å². The molecule has 2 nitrogen and oxygen atoms in total. The fourth-order valence-electron chi connectivity index (χ4n) is 1.03. The van der Waals surface area contributed by atoms with Gasteiger partial charge in [0.1, 0.15) is 5.82 Å². The van der Waals surface area contributed by atoms with Crippen molar-refractivity contribution in [2.75, 3.05) is 11.1 Å². The third-order valence-electron chi connectivity index (χ3n) is 1.38. The van der Waals surface area contributed by atoms with Crippen LogP contribution in [0, 0.1) is 5.82 Å². The molecule has 0 bridgehead atoms. The highest BCUT2D eigenvalue weighted by molar-refractivity contribution is 5.54. The summed E-state index contributed by atoms with van der Waals surface area (Å²) in [6.07, 6.45) is 0. The highest BCUT2D eigenvalue weighted by Gasteiger charge is 1.98. The van der Waals surface area contributed by atoms with E-state index in [4.69, 9.17) is 5.73 Å². The maximum absolute atomic E-state index is 12.8. The van der Waals surface area contributed by atoms with Gasteiger partial charge in [0.15, 0.2) is 0 Å². The summed E-state index contributed by atoms with van der Waals surface area (Å²) in [5, 5.41) is 3.07. The number of nitrogens with one attached hydrogen (secondary N) is 1. The van der Waals surface area contributed by atoms with Gasteiger partial charge in [-0.05, 0) is 32.0 Å². The van der Waals surface area contributed by atoms with Crippen LogP contribution < -0.4 is 11.1 Å². The van der Waals surface area contributed by atoms with E-state index in [9.17, 15) is 4.39 Å². The molecule has 1 aromatic carbocycles. The fraction of sp³-hybridized carbons (Fsp3) is 0.333. The first-order chi connectivity index (χ1) is 5.58. The van der Waals surface area contributed by atoms with Crippen molar-refractivity contribution in [2.24, 2.45) is 0 Å². The molecule has 0 aliphatic carbocycles. The molecule has 0 amide bonds. The van der Waals surface area contributed by atoms with Crippen LogP contribution in [0.15, 0.2) is 18.2 Å². The number of benzene rings is 1. The molecule has 1 rings (SSSR count). The molecule has 0 heterocycles. The molecule has 12 heavy (non-hydrogen) atoms. The van der Waals surface area contributed by atoms with Crippen molar-refractivity contribution in [3.63, 3.8) is 0 Å². The number of hydrogen-bond donors (Lipinski definition) is 2. The molecule has 0 saturated carbocycles. The topological polar surface area (TPSA) is 38.0 Å². The summed E-state index contributed by atoms with van der Waals surface area (Å²) in [4.78, 5) is 0. The molecule has 0 saturated heterocycles. The second kappa shape index (κ2) is 3.43. The van der Waals surface area contributed by atoms with E-state index < -0.39 is 0 Å². The average Bonchev–Trinajstić information content (AvgIpc) is 1.81. The molecule has 0 aliphatic heterocycles. The van der Waals surface area contributed by atoms with E-state index in [1.54, 1.807) is 6.07 Å². The Hall–Kier alpha value is -1.25. The van der Waals surface area contributed by atoms with Crippen LogP contribution in [0.4, 0.5) is 15.8 Å². The zero-order valence-electron chi connectivity index (χ0n) is 7.26. The van der Waals surface area contributed by atoms with Crippen molar-refractivity contribution in [1.29, 1.82) is 0 Å². The van der Waals surface area contributed by atoms with E-state index in [1.165, 1.54) is 12.1 Å². The summed E-state index contributed by atoms with van der Waals surface area (Å²) in [6.45, 7) is 3.97. The van der Waals surface area contributed by atoms with Crippen LogP contribution >= 0.6 is 0 Å². The summed E-state index contributed by atoms with van der Waals surface area (Å²) < 4.78 is 12.8. The van der Waals surface area contributed by atoms with Gasteiger partial charge in [0.25, 0.3) is 0 Å². The summed E-state index contributed by atoms with van der Waals surface area (Å²) in [5.41, 5.74) is 6.62. The monoisotopic (exact) mass is 168 g/mol. The zero-order valence-corrected chi connectivity index (χ0v) is 7.26. The summed E-state index contributed by atoms with van der Waals surface area (Å²) >= 11 is 0. The molecule has 0 atom stereocenters. The fourth-order valence-corrected chi connectivity index (χ4v) is 1.03. The second-order valence-corrected chi connectivity index (χ2v) is 3.07. The third kappa shape index (κ3) is 2.42. The van der Waals surface area contributed by atoms with Crippen LogP contribution in [-0.4, -0.2) is 6.04 Å². The number of halogens is 1. The molecule has 0 fully saturated rings. The summed E-state index contributed by atoms with van der Waals surface area (Å²) in [7, 11) is 0. The Kier molecular flexibility index (Phi) is 2.53. The normalized spacial score (nSPS) is 10.3. The Labute approximate surface area is 71.6 Å². The molecular formula is C9H13FN2. The molecule has 0 spiro atoms. The van der Waals surface area contributed by atoms with E-state index in [1.807, 2.05) is 13.8 Å². The maximum Gasteiger partial charge on any atom is 0.127 e. The number of hydrogen-bond acceptors (Lipinski definition) is 2.